The minimum atomic E-state index is -0.430. The Bertz CT molecular complexity index is 1630. The van der Waals surface area contributed by atoms with E-state index < -0.39 is 11.2 Å². The van der Waals surface area contributed by atoms with Crippen molar-refractivity contribution in [3.05, 3.63) is 80.0 Å². The molecule has 5 rings (SSSR count). The van der Waals surface area contributed by atoms with E-state index in [2.05, 4.69) is 10.2 Å². The van der Waals surface area contributed by atoms with Gasteiger partial charge in [0.25, 0.3) is 5.56 Å². The molecule has 2 aromatic carbocycles. The Morgan fingerprint density at radius 2 is 1.76 bits per heavy atom. The second-order valence-corrected chi connectivity index (χ2v) is 8.15. The van der Waals surface area contributed by atoms with Gasteiger partial charge in [-0.05, 0) is 48.9 Å². The Morgan fingerprint density at radius 1 is 1.00 bits per heavy atom. The van der Waals surface area contributed by atoms with Crippen LogP contribution in [0.2, 0.25) is 5.02 Å². The third-order valence-corrected chi connectivity index (χ3v) is 5.87. The van der Waals surface area contributed by atoms with E-state index in [0.29, 0.717) is 40.9 Å². The Morgan fingerprint density at radius 3 is 2.45 bits per heavy atom. The molecule has 0 unspecified atom stereocenters. The summed E-state index contributed by atoms with van der Waals surface area (Å²) < 4.78 is 11.6. The fourth-order valence-electron chi connectivity index (χ4n) is 4.08. The van der Waals surface area contributed by atoms with Crippen molar-refractivity contribution in [2.75, 3.05) is 6.61 Å². The molecular weight excluding hydrogens is 444 g/mol. The number of nitrogens with zero attached hydrogens (tertiary/aromatic N) is 6. The van der Waals surface area contributed by atoms with Crippen LogP contribution < -0.4 is 16.0 Å². The summed E-state index contributed by atoms with van der Waals surface area (Å²) in [7, 11) is 3.10. The number of ether oxygens (including phenoxy) is 1. The number of benzene rings is 2. The molecule has 3 aromatic heterocycles. The van der Waals surface area contributed by atoms with Gasteiger partial charge in [-0.1, -0.05) is 23.7 Å². The lowest BCUT2D eigenvalue weighted by Crippen LogP contribution is -2.37. The molecule has 0 spiro atoms. The Balaban J connectivity index is 1.83. The number of aryl methyl sites for hydroxylation is 1. The molecule has 0 atom stereocenters. The van der Waals surface area contributed by atoms with E-state index in [9.17, 15) is 9.59 Å². The second-order valence-electron chi connectivity index (χ2n) is 7.71. The van der Waals surface area contributed by atoms with Gasteiger partial charge in [-0.25, -0.2) is 9.20 Å². The van der Waals surface area contributed by atoms with E-state index >= 15 is 0 Å². The number of halogens is 1. The number of aromatic nitrogens is 6. The smallest absolute Gasteiger partial charge is 0.332 e. The number of imidazole rings is 1. The summed E-state index contributed by atoms with van der Waals surface area (Å²) in [5.41, 5.74) is 1.62. The monoisotopic (exact) mass is 464 g/mol. The molecule has 33 heavy (non-hydrogen) atoms. The number of fused-ring (bicyclic) bond motifs is 3. The lowest BCUT2D eigenvalue weighted by atomic mass is 10.2. The number of hydrogen-bond donors (Lipinski definition) is 0. The molecule has 168 valence electrons. The molecular formula is C23H21ClN6O3. The van der Waals surface area contributed by atoms with Gasteiger partial charge < -0.3 is 4.74 Å². The van der Waals surface area contributed by atoms with Gasteiger partial charge in [0.1, 0.15) is 5.75 Å². The SMILES string of the molecule is CCOc1ccc(-c2nnc3n(Cc4cccc(Cl)c4)c4c(=O)n(C)c(=O)n(C)c4n23)cc1. The lowest BCUT2D eigenvalue weighted by molar-refractivity contribution is 0.340. The molecule has 0 radical (unpaired) electrons. The van der Waals surface area contributed by atoms with Gasteiger partial charge >= 0.3 is 5.69 Å². The van der Waals surface area contributed by atoms with Crippen molar-refractivity contribution < 1.29 is 4.74 Å². The van der Waals surface area contributed by atoms with Gasteiger partial charge in [0, 0.05) is 24.7 Å². The summed E-state index contributed by atoms with van der Waals surface area (Å²) in [5.74, 6) is 1.71. The lowest BCUT2D eigenvalue weighted by Gasteiger charge is -2.08. The van der Waals surface area contributed by atoms with Crippen LogP contribution in [0.5, 0.6) is 5.75 Å². The maximum atomic E-state index is 13.2. The van der Waals surface area contributed by atoms with Gasteiger partial charge in [0.15, 0.2) is 17.0 Å². The van der Waals surface area contributed by atoms with E-state index in [1.54, 1.807) is 22.1 Å². The van der Waals surface area contributed by atoms with Crippen LogP contribution in [0.1, 0.15) is 12.5 Å². The van der Waals surface area contributed by atoms with Crippen LogP contribution in [0.4, 0.5) is 0 Å². The minimum absolute atomic E-state index is 0.336. The van der Waals surface area contributed by atoms with Crippen LogP contribution in [0, 0.1) is 0 Å². The summed E-state index contributed by atoms with van der Waals surface area (Å²) in [6.45, 7) is 2.82. The van der Waals surface area contributed by atoms with E-state index in [4.69, 9.17) is 16.3 Å². The van der Waals surface area contributed by atoms with Crippen molar-refractivity contribution in [2.24, 2.45) is 14.1 Å². The zero-order valence-electron chi connectivity index (χ0n) is 18.3. The van der Waals surface area contributed by atoms with Crippen molar-refractivity contribution in [1.29, 1.82) is 0 Å². The molecule has 0 saturated carbocycles. The zero-order valence-corrected chi connectivity index (χ0v) is 19.1. The molecule has 5 aromatic rings. The van der Waals surface area contributed by atoms with Crippen molar-refractivity contribution in [2.45, 2.75) is 13.5 Å². The molecule has 0 fully saturated rings. The first-order valence-corrected chi connectivity index (χ1v) is 10.8. The minimum Gasteiger partial charge on any atom is -0.494 e. The van der Waals surface area contributed by atoms with Crippen LogP contribution in [-0.4, -0.2) is 34.9 Å². The first-order valence-electron chi connectivity index (χ1n) is 10.4. The zero-order chi connectivity index (χ0) is 23.3. The quantitative estimate of drug-likeness (QED) is 0.399. The standard InChI is InChI=1S/C23H21ClN6O3/c1-4-33-17-10-8-15(9-11-17)19-25-26-22-29(13-14-6-5-7-16(24)12-14)18-20(30(19)22)27(2)23(32)28(3)21(18)31/h5-12H,4,13H2,1-3H3. The maximum Gasteiger partial charge on any atom is 0.332 e. The highest BCUT2D eigenvalue weighted by molar-refractivity contribution is 6.30. The van der Waals surface area contributed by atoms with Gasteiger partial charge in [0.2, 0.25) is 5.78 Å². The predicted octanol–water partition coefficient (Wildman–Crippen LogP) is 2.85. The summed E-state index contributed by atoms with van der Waals surface area (Å²) in [5, 5.41) is 9.39. The topological polar surface area (TPSA) is 88.3 Å². The summed E-state index contributed by atoms with van der Waals surface area (Å²) in [6, 6.07) is 14.8. The summed E-state index contributed by atoms with van der Waals surface area (Å²) in [6.07, 6.45) is 0. The van der Waals surface area contributed by atoms with Crippen LogP contribution >= 0.6 is 11.6 Å². The molecule has 3 heterocycles. The molecule has 0 amide bonds. The van der Waals surface area contributed by atoms with Crippen LogP contribution in [-0.2, 0) is 20.6 Å². The Labute approximate surface area is 193 Å². The Hall–Kier alpha value is -3.85. The van der Waals surface area contributed by atoms with E-state index in [1.807, 2.05) is 49.4 Å². The summed E-state index contributed by atoms with van der Waals surface area (Å²) >= 11 is 6.18. The second kappa shape index (κ2) is 7.93. The number of hydrogen-bond acceptors (Lipinski definition) is 5. The average Bonchev–Trinajstić information content (AvgIpc) is 3.36. The molecule has 0 N–H and O–H groups in total. The molecule has 0 aliphatic rings. The van der Waals surface area contributed by atoms with Crippen LogP contribution in [0.15, 0.2) is 58.1 Å². The van der Waals surface area contributed by atoms with Crippen molar-refractivity contribution in [1.82, 2.24) is 28.3 Å². The van der Waals surface area contributed by atoms with Gasteiger partial charge in [-0.15, -0.1) is 10.2 Å². The van der Waals surface area contributed by atoms with E-state index in [1.165, 1.54) is 11.6 Å². The molecule has 10 heteroatoms. The number of rotatable bonds is 5. The van der Waals surface area contributed by atoms with Crippen molar-refractivity contribution >= 4 is 28.5 Å². The normalized spacial score (nSPS) is 11.5. The Kier molecular flexibility index (Phi) is 5.05. The van der Waals surface area contributed by atoms with Gasteiger partial charge in [-0.2, -0.15) is 0 Å². The molecule has 0 saturated heterocycles. The molecule has 9 nitrogen and oxygen atoms in total. The molecule has 0 aliphatic carbocycles. The third-order valence-electron chi connectivity index (χ3n) is 5.63. The molecule has 0 bridgehead atoms. The van der Waals surface area contributed by atoms with E-state index in [-0.39, 0.29) is 0 Å². The van der Waals surface area contributed by atoms with Crippen molar-refractivity contribution in [3.8, 4) is 17.1 Å². The van der Waals surface area contributed by atoms with Gasteiger partial charge in [0.05, 0.1) is 13.2 Å². The van der Waals surface area contributed by atoms with Crippen LogP contribution in [0.3, 0.4) is 0 Å². The third kappa shape index (κ3) is 3.32. The largest absolute Gasteiger partial charge is 0.494 e. The maximum absolute atomic E-state index is 13.2. The van der Waals surface area contributed by atoms with Crippen molar-refractivity contribution in [3.63, 3.8) is 0 Å². The molecule has 0 aliphatic heterocycles. The first kappa shape index (κ1) is 21.0. The fourth-order valence-corrected chi connectivity index (χ4v) is 4.29. The van der Waals surface area contributed by atoms with Crippen LogP contribution in [0.25, 0.3) is 28.3 Å². The predicted molar refractivity (Wildman–Crippen MR) is 126 cm³/mol. The van der Waals surface area contributed by atoms with E-state index in [0.717, 1.165) is 21.4 Å². The first-order chi connectivity index (χ1) is 15.9. The average molecular weight is 465 g/mol. The highest BCUT2D eigenvalue weighted by atomic mass is 35.5. The van der Waals surface area contributed by atoms with Gasteiger partial charge in [-0.3, -0.25) is 18.5 Å². The summed E-state index contributed by atoms with van der Waals surface area (Å²) in [4.78, 5) is 26.0. The fraction of sp³-hybridized carbons (Fsp3) is 0.217. The highest BCUT2D eigenvalue weighted by Crippen LogP contribution is 2.26. The highest BCUT2D eigenvalue weighted by Gasteiger charge is 2.24.